The van der Waals surface area contributed by atoms with E-state index in [0.29, 0.717) is 13.1 Å². The van der Waals surface area contributed by atoms with Crippen molar-refractivity contribution in [1.82, 2.24) is 15.5 Å². The number of likely N-dealkylation sites (N-methyl/N-ethyl adjacent to an activating group) is 1. The molecule has 0 aromatic carbocycles. The van der Waals surface area contributed by atoms with Crippen LogP contribution < -0.4 is 10.6 Å². The highest BCUT2D eigenvalue weighted by Gasteiger charge is 2.34. The van der Waals surface area contributed by atoms with Gasteiger partial charge in [-0.3, -0.25) is 14.4 Å². The molecule has 0 saturated carbocycles. The molecule has 96 valence electrons. The topological polar surface area (TPSA) is 87.7 Å². The van der Waals surface area contributed by atoms with E-state index >= 15 is 0 Å². The molecule has 0 spiro atoms. The van der Waals surface area contributed by atoms with Crippen LogP contribution in [0.3, 0.4) is 0 Å². The van der Waals surface area contributed by atoms with Crippen LogP contribution >= 0.6 is 0 Å². The number of hydrogen-bond donors (Lipinski definition) is 2. The van der Waals surface area contributed by atoms with E-state index in [-0.39, 0.29) is 24.8 Å². The molecule has 1 fully saturated rings. The molecule has 0 bridgehead atoms. The van der Waals surface area contributed by atoms with Crippen LogP contribution in [-0.4, -0.2) is 62.5 Å². The molecule has 2 amide bonds. The second kappa shape index (κ2) is 6.19. The van der Waals surface area contributed by atoms with Crippen molar-refractivity contribution in [3.63, 3.8) is 0 Å². The first-order chi connectivity index (χ1) is 8.10. The largest absolute Gasteiger partial charge is 0.469 e. The number of methoxy groups -OCH3 is 1. The second-order valence-corrected chi connectivity index (χ2v) is 3.70. The zero-order chi connectivity index (χ0) is 12.8. The predicted molar refractivity (Wildman–Crippen MR) is 59.1 cm³/mol. The normalized spacial score (nSPS) is 19.8. The Morgan fingerprint density at radius 1 is 1.59 bits per heavy atom. The Labute approximate surface area is 99.5 Å². The van der Waals surface area contributed by atoms with Crippen molar-refractivity contribution >= 4 is 17.8 Å². The molecule has 0 aromatic rings. The highest BCUT2D eigenvalue weighted by atomic mass is 16.5. The first kappa shape index (κ1) is 13.4. The van der Waals surface area contributed by atoms with Gasteiger partial charge in [0.25, 0.3) is 0 Å². The maximum atomic E-state index is 11.8. The van der Waals surface area contributed by atoms with Crippen molar-refractivity contribution in [3.8, 4) is 0 Å². The van der Waals surface area contributed by atoms with Crippen molar-refractivity contribution in [2.24, 2.45) is 0 Å². The number of nitrogens with one attached hydrogen (secondary N) is 2. The van der Waals surface area contributed by atoms with Gasteiger partial charge in [0.15, 0.2) is 0 Å². The molecule has 1 aliphatic heterocycles. The van der Waals surface area contributed by atoms with E-state index < -0.39 is 12.0 Å². The molecule has 1 saturated heterocycles. The number of piperazine rings is 1. The standard InChI is InChI=1S/C10H17N3O4/c1-11-6-8(14)13-4-3-12-10(16)7(13)5-9(15)17-2/h7,11H,3-6H2,1-2H3,(H,12,16)/t7-/m1/s1. The van der Waals surface area contributed by atoms with Crippen molar-refractivity contribution in [3.05, 3.63) is 0 Å². The summed E-state index contributed by atoms with van der Waals surface area (Å²) in [5.74, 6) is -1.02. The molecule has 17 heavy (non-hydrogen) atoms. The first-order valence-corrected chi connectivity index (χ1v) is 5.38. The monoisotopic (exact) mass is 243 g/mol. The second-order valence-electron chi connectivity index (χ2n) is 3.70. The third-order valence-electron chi connectivity index (χ3n) is 2.57. The summed E-state index contributed by atoms with van der Waals surface area (Å²) in [5, 5.41) is 5.36. The summed E-state index contributed by atoms with van der Waals surface area (Å²) in [7, 11) is 2.90. The summed E-state index contributed by atoms with van der Waals surface area (Å²) in [6.45, 7) is 0.963. The summed E-state index contributed by atoms with van der Waals surface area (Å²) in [4.78, 5) is 36.0. The number of esters is 1. The molecule has 7 nitrogen and oxygen atoms in total. The summed E-state index contributed by atoms with van der Waals surface area (Å²) < 4.78 is 4.52. The van der Waals surface area contributed by atoms with Crippen molar-refractivity contribution in [2.75, 3.05) is 33.8 Å². The van der Waals surface area contributed by atoms with Crippen LogP contribution in [0.25, 0.3) is 0 Å². The minimum atomic E-state index is -0.767. The lowest BCUT2D eigenvalue weighted by molar-refractivity contribution is -0.149. The van der Waals surface area contributed by atoms with E-state index in [0.717, 1.165) is 0 Å². The predicted octanol–water partition coefficient (Wildman–Crippen LogP) is -1.90. The van der Waals surface area contributed by atoms with Crippen molar-refractivity contribution in [1.29, 1.82) is 0 Å². The number of carbonyl (C=O) groups is 3. The Bertz CT molecular complexity index is 319. The molecule has 1 aliphatic rings. The molecule has 1 heterocycles. The first-order valence-electron chi connectivity index (χ1n) is 5.38. The van der Waals surface area contributed by atoms with E-state index in [2.05, 4.69) is 15.4 Å². The van der Waals surface area contributed by atoms with Gasteiger partial charge in [-0.15, -0.1) is 0 Å². The lowest BCUT2D eigenvalue weighted by Gasteiger charge is -2.34. The zero-order valence-corrected chi connectivity index (χ0v) is 9.99. The van der Waals surface area contributed by atoms with Gasteiger partial charge < -0.3 is 20.3 Å². The quantitative estimate of drug-likeness (QED) is 0.563. The van der Waals surface area contributed by atoms with Gasteiger partial charge in [0.2, 0.25) is 11.8 Å². The van der Waals surface area contributed by atoms with Crippen LogP contribution in [0.2, 0.25) is 0 Å². The van der Waals surface area contributed by atoms with Crippen LogP contribution in [0.5, 0.6) is 0 Å². The average Bonchev–Trinajstić information content (AvgIpc) is 2.31. The molecule has 1 atom stereocenters. The van der Waals surface area contributed by atoms with Gasteiger partial charge in [0.05, 0.1) is 20.1 Å². The van der Waals surface area contributed by atoms with E-state index in [1.165, 1.54) is 12.0 Å². The number of rotatable bonds is 4. The van der Waals surface area contributed by atoms with Gasteiger partial charge >= 0.3 is 5.97 Å². The van der Waals surface area contributed by atoms with Crippen LogP contribution in [-0.2, 0) is 19.1 Å². The van der Waals surface area contributed by atoms with Crippen molar-refractivity contribution in [2.45, 2.75) is 12.5 Å². The fourth-order valence-corrected chi connectivity index (χ4v) is 1.71. The molecule has 0 aliphatic carbocycles. The Balaban J connectivity index is 2.73. The van der Waals surface area contributed by atoms with Crippen LogP contribution in [0.15, 0.2) is 0 Å². The third-order valence-corrected chi connectivity index (χ3v) is 2.57. The number of carbonyl (C=O) groups excluding carboxylic acids is 3. The maximum Gasteiger partial charge on any atom is 0.308 e. The van der Waals surface area contributed by atoms with Gasteiger partial charge in [-0.05, 0) is 7.05 Å². The van der Waals surface area contributed by atoms with Crippen LogP contribution in [0.1, 0.15) is 6.42 Å². The zero-order valence-electron chi connectivity index (χ0n) is 9.99. The van der Waals surface area contributed by atoms with Gasteiger partial charge in [-0.2, -0.15) is 0 Å². The Morgan fingerprint density at radius 3 is 2.88 bits per heavy atom. The molecule has 7 heteroatoms. The van der Waals surface area contributed by atoms with E-state index in [1.807, 2.05) is 0 Å². The molecular formula is C10H17N3O4. The van der Waals surface area contributed by atoms with E-state index in [9.17, 15) is 14.4 Å². The average molecular weight is 243 g/mol. The fourth-order valence-electron chi connectivity index (χ4n) is 1.71. The number of amides is 2. The van der Waals surface area contributed by atoms with Crippen molar-refractivity contribution < 1.29 is 19.1 Å². The van der Waals surface area contributed by atoms with E-state index in [1.54, 1.807) is 7.05 Å². The summed E-state index contributed by atoms with van der Waals surface area (Å²) in [5.41, 5.74) is 0. The molecule has 0 unspecified atom stereocenters. The minimum absolute atomic E-state index is 0.113. The Hall–Kier alpha value is -1.63. The number of nitrogens with zero attached hydrogens (tertiary/aromatic N) is 1. The maximum absolute atomic E-state index is 11.8. The molecule has 0 radical (unpaired) electrons. The number of ether oxygens (including phenoxy) is 1. The smallest absolute Gasteiger partial charge is 0.308 e. The minimum Gasteiger partial charge on any atom is -0.469 e. The van der Waals surface area contributed by atoms with Crippen LogP contribution in [0, 0.1) is 0 Å². The molecule has 2 N–H and O–H groups in total. The van der Waals surface area contributed by atoms with Gasteiger partial charge in [0.1, 0.15) is 6.04 Å². The highest BCUT2D eigenvalue weighted by molar-refractivity contribution is 5.92. The van der Waals surface area contributed by atoms with Gasteiger partial charge in [0, 0.05) is 13.1 Å². The van der Waals surface area contributed by atoms with Gasteiger partial charge in [-0.25, -0.2) is 0 Å². The summed E-state index contributed by atoms with van der Waals surface area (Å²) in [6, 6.07) is -0.767. The third kappa shape index (κ3) is 3.42. The highest BCUT2D eigenvalue weighted by Crippen LogP contribution is 2.09. The van der Waals surface area contributed by atoms with Gasteiger partial charge in [-0.1, -0.05) is 0 Å². The van der Waals surface area contributed by atoms with E-state index in [4.69, 9.17) is 0 Å². The molecule has 1 rings (SSSR count). The van der Waals surface area contributed by atoms with Crippen LogP contribution in [0.4, 0.5) is 0 Å². The lowest BCUT2D eigenvalue weighted by atomic mass is 10.1. The Morgan fingerprint density at radius 2 is 2.29 bits per heavy atom. The number of hydrogen-bond acceptors (Lipinski definition) is 5. The summed E-state index contributed by atoms with van der Waals surface area (Å²) in [6.07, 6.45) is -0.113. The molecule has 0 aromatic heterocycles. The molecular weight excluding hydrogens is 226 g/mol. The SMILES string of the molecule is CNCC(=O)N1CCNC(=O)[C@H]1CC(=O)OC. The Kier molecular flexibility index (Phi) is 4.89. The fraction of sp³-hybridized carbons (Fsp3) is 0.700. The summed E-state index contributed by atoms with van der Waals surface area (Å²) >= 11 is 0. The lowest BCUT2D eigenvalue weighted by Crippen LogP contribution is -2.59.